The summed E-state index contributed by atoms with van der Waals surface area (Å²) < 4.78 is 0. The van der Waals surface area contributed by atoms with Crippen LogP contribution in [0.5, 0.6) is 0 Å². The average molecular weight is 244 g/mol. The van der Waals surface area contributed by atoms with Crippen molar-refractivity contribution in [2.45, 2.75) is 31.6 Å². The van der Waals surface area contributed by atoms with Crippen LogP contribution in [0.2, 0.25) is 0 Å². The van der Waals surface area contributed by atoms with Gasteiger partial charge in [-0.25, -0.2) is 0 Å². The smallest absolute Gasteiger partial charge is 0.0366 e. The van der Waals surface area contributed by atoms with Crippen LogP contribution in [0, 0.1) is 0 Å². The van der Waals surface area contributed by atoms with Gasteiger partial charge in [-0.15, -0.1) is 0 Å². The number of anilines is 1. The lowest BCUT2D eigenvalue weighted by molar-refractivity contribution is 0.255. The largest absolute Gasteiger partial charge is 0.372 e. The van der Waals surface area contributed by atoms with Crippen LogP contribution < -0.4 is 4.90 Å². The molecule has 0 bridgehead atoms. The molecule has 0 amide bonds. The highest BCUT2D eigenvalue weighted by atomic mass is 15.1. The predicted molar refractivity (Wildman–Crippen MR) is 77.4 cm³/mol. The first-order valence-electron chi connectivity index (χ1n) is 7.36. The van der Waals surface area contributed by atoms with E-state index in [0.29, 0.717) is 0 Å². The monoisotopic (exact) mass is 244 g/mol. The van der Waals surface area contributed by atoms with Gasteiger partial charge < -0.3 is 9.80 Å². The van der Waals surface area contributed by atoms with Crippen LogP contribution in [0.4, 0.5) is 5.69 Å². The molecule has 1 aromatic carbocycles. The topological polar surface area (TPSA) is 6.48 Å². The van der Waals surface area contributed by atoms with E-state index in [-0.39, 0.29) is 0 Å². The second-order valence-corrected chi connectivity index (χ2v) is 5.86. The van der Waals surface area contributed by atoms with Gasteiger partial charge in [-0.2, -0.15) is 0 Å². The Morgan fingerprint density at radius 1 is 0.889 bits per heavy atom. The van der Waals surface area contributed by atoms with E-state index in [0.717, 1.165) is 5.92 Å². The molecule has 98 valence electrons. The van der Waals surface area contributed by atoms with Crippen molar-refractivity contribution >= 4 is 5.69 Å². The number of rotatable bonds is 2. The number of hydrogen-bond donors (Lipinski definition) is 0. The Hall–Kier alpha value is -1.02. The van der Waals surface area contributed by atoms with Gasteiger partial charge in [0.05, 0.1) is 0 Å². The molecule has 0 atom stereocenters. The van der Waals surface area contributed by atoms with Gasteiger partial charge in [0.1, 0.15) is 0 Å². The predicted octanol–water partition coefficient (Wildman–Crippen LogP) is 3.10. The summed E-state index contributed by atoms with van der Waals surface area (Å²) >= 11 is 0. The fraction of sp³-hybridized carbons (Fsp3) is 0.625. The van der Waals surface area contributed by atoms with E-state index < -0.39 is 0 Å². The maximum absolute atomic E-state index is 2.51. The molecule has 0 aliphatic carbocycles. The fourth-order valence-corrected chi connectivity index (χ4v) is 3.27. The molecular weight excluding hydrogens is 220 g/mol. The van der Waals surface area contributed by atoms with Crippen LogP contribution in [0.1, 0.15) is 37.2 Å². The minimum atomic E-state index is 0.786. The van der Waals surface area contributed by atoms with E-state index in [1.54, 1.807) is 5.56 Å². The van der Waals surface area contributed by atoms with Gasteiger partial charge in [-0.05, 0) is 69.4 Å². The Labute approximate surface area is 111 Å². The number of hydrogen-bond acceptors (Lipinski definition) is 2. The minimum Gasteiger partial charge on any atom is -0.372 e. The van der Waals surface area contributed by atoms with Gasteiger partial charge >= 0.3 is 0 Å². The first-order chi connectivity index (χ1) is 8.83. The van der Waals surface area contributed by atoms with Crippen molar-refractivity contribution in [1.29, 1.82) is 0 Å². The Bertz CT molecular complexity index is 371. The molecule has 0 radical (unpaired) electrons. The third kappa shape index (κ3) is 2.54. The highest BCUT2D eigenvalue weighted by Gasteiger charge is 2.18. The standard InChI is InChI=1S/C16H24N2/c1-17-12-8-15(9-13-17)14-4-6-16(7-5-14)18-10-2-3-11-18/h4-7,15H,2-3,8-13H2,1H3. The quantitative estimate of drug-likeness (QED) is 0.789. The molecule has 2 fully saturated rings. The number of likely N-dealkylation sites (tertiary alicyclic amines) is 1. The molecular formula is C16H24N2. The average Bonchev–Trinajstić information content (AvgIpc) is 2.94. The first kappa shape index (κ1) is 12.0. The summed E-state index contributed by atoms with van der Waals surface area (Å²) in [5, 5.41) is 0. The molecule has 0 aromatic heterocycles. The molecule has 0 unspecified atom stereocenters. The van der Waals surface area contributed by atoms with Crippen LogP contribution >= 0.6 is 0 Å². The van der Waals surface area contributed by atoms with E-state index in [2.05, 4.69) is 41.1 Å². The zero-order chi connectivity index (χ0) is 12.4. The van der Waals surface area contributed by atoms with Crippen molar-refractivity contribution in [3.63, 3.8) is 0 Å². The number of benzene rings is 1. The van der Waals surface area contributed by atoms with Crippen LogP contribution in [0.3, 0.4) is 0 Å². The SMILES string of the molecule is CN1CCC(c2ccc(N3CCCC3)cc2)CC1. The minimum absolute atomic E-state index is 0.786. The van der Waals surface area contributed by atoms with Crippen LogP contribution in [0.15, 0.2) is 24.3 Å². The Balaban J connectivity index is 1.67. The molecule has 18 heavy (non-hydrogen) atoms. The molecule has 0 saturated carbocycles. The maximum atomic E-state index is 2.51. The van der Waals surface area contributed by atoms with Gasteiger partial charge in [0.25, 0.3) is 0 Å². The van der Waals surface area contributed by atoms with Crippen molar-refractivity contribution in [1.82, 2.24) is 4.90 Å². The second kappa shape index (κ2) is 5.31. The zero-order valence-electron chi connectivity index (χ0n) is 11.4. The van der Waals surface area contributed by atoms with Crippen molar-refractivity contribution in [3.8, 4) is 0 Å². The molecule has 2 aliphatic heterocycles. The van der Waals surface area contributed by atoms with Crippen LogP contribution in [-0.4, -0.2) is 38.1 Å². The lowest BCUT2D eigenvalue weighted by Crippen LogP contribution is -2.29. The number of piperidine rings is 1. The van der Waals surface area contributed by atoms with E-state index in [9.17, 15) is 0 Å². The molecule has 2 saturated heterocycles. The highest BCUT2D eigenvalue weighted by molar-refractivity contribution is 5.48. The lowest BCUT2D eigenvalue weighted by atomic mass is 9.89. The molecule has 0 spiro atoms. The summed E-state index contributed by atoms with van der Waals surface area (Å²) in [6, 6.07) is 9.39. The summed E-state index contributed by atoms with van der Waals surface area (Å²) in [5.41, 5.74) is 2.97. The molecule has 1 aromatic rings. The molecule has 2 heterocycles. The molecule has 0 N–H and O–H groups in total. The lowest BCUT2D eigenvalue weighted by Gasteiger charge is -2.29. The Kier molecular flexibility index (Phi) is 3.55. The van der Waals surface area contributed by atoms with Crippen molar-refractivity contribution in [3.05, 3.63) is 29.8 Å². The highest BCUT2D eigenvalue weighted by Crippen LogP contribution is 2.29. The Morgan fingerprint density at radius 3 is 2.11 bits per heavy atom. The third-order valence-corrected chi connectivity index (χ3v) is 4.55. The maximum Gasteiger partial charge on any atom is 0.0366 e. The van der Waals surface area contributed by atoms with Crippen molar-refractivity contribution in [2.75, 3.05) is 38.1 Å². The first-order valence-corrected chi connectivity index (χ1v) is 7.36. The van der Waals surface area contributed by atoms with E-state index in [1.165, 1.54) is 57.5 Å². The molecule has 2 nitrogen and oxygen atoms in total. The molecule has 2 heteroatoms. The van der Waals surface area contributed by atoms with Gasteiger partial charge in [0, 0.05) is 18.8 Å². The van der Waals surface area contributed by atoms with Crippen molar-refractivity contribution in [2.24, 2.45) is 0 Å². The number of nitrogens with zero attached hydrogens (tertiary/aromatic N) is 2. The van der Waals surface area contributed by atoms with Crippen LogP contribution in [0.25, 0.3) is 0 Å². The van der Waals surface area contributed by atoms with Gasteiger partial charge in [-0.1, -0.05) is 12.1 Å². The summed E-state index contributed by atoms with van der Waals surface area (Å²) in [4.78, 5) is 4.95. The van der Waals surface area contributed by atoms with Gasteiger partial charge in [0.2, 0.25) is 0 Å². The zero-order valence-corrected chi connectivity index (χ0v) is 11.4. The normalized spacial score (nSPS) is 22.6. The molecule has 3 rings (SSSR count). The van der Waals surface area contributed by atoms with E-state index >= 15 is 0 Å². The fourth-order valence-electron chi connectivity index (χ4n) is 3.27. The van der Waals surface area contributed by atoms with Gasteiger partial charge in [-0.3, -0.25) is 0 Å². The summed E-state index contributed by atoms with van der Waals surface area (Å²) in [5.74, 6) is 0.786. The summed E-state index contributed by atoms with van der Waals surface area (Å²) in [6.07, 6.45) is 5.35. The van der Waals surface area contributed by atoms with Gasteiger partial charge in [0.15, 0.2) is 0 Å². The Morgan fingerprint density at radius 2 is 1.50 bits per heavy atom. The third-order valence-electron chi connectivity index (χ3n) is 4.55. The summed E-state index contributed by atoms with van der Waals surface area (Å²) in [7, 11) is 2.23. The molecule has 2 aliphatic rings. The summed E-state index contributed by atoms with van der Waals surface area (Å²) in [6.45, 7) is 4.98. The second-order valence-electron chi connectivity index (χ2n) is 5.86. The van der Waals surface area contributed by atoms with Crippen LogP contribution in [-0.2, 0) is 0 Å². The van der Waals surface area contributed by atoms with Crippen molar-refractivity contribution < 1.29 is 0 Å². The van der Waals surface area contributed by atoms with E-state index in [4.69, 9.17) is 0 Å². The van der Waals surface area contributed by atoms with E-state index in [1.807, 2.05) is 0 Å².